The van der Waals surface area contributed by atoms with E-state index in [4.69, 9.17) is 9.47 Å². The molecule has 0 aliphatic carbocycles. The predicted octanol–water partition coefficient (Wildman–Crippen LogP) is 3.30. The van der Waals surface area contributed by atoms with Crippen LogP contribution >= 0.6 is 0 Å². The first kappa shape index (κ1) is 18.3. The van der Waals surface area contributed by atoms with E-state index in [9.17, 15) is 22.8 Å². The fraction of sp³-hybridized carbons (Fsp3) is 0.176. The first-order valence-electron chi connectivity index (χ1n) is 7.13. The maximum atomic E-state index is 13.8. The number of ether oxygens (including phenoxy) is 2. The van der Waals surface area contributed by atoms with Crippen LogP contribution in [0.1, 0.15) is 17.3 Å². The van der Waals surface area contributed by atoms with Gasteiger partial charge in [-0.15, -0.1) is 0 Å². The Kier molecular flexibility index (Phi) is 5.63. The first-order valence-corrected chi connectivity index (χ1v) is 7.13. The zero-order chi connectivity index (χ0) is 18.6. The van der Waals surface area contributed by atoms with Gasteiger partial charge >= 0.3 is 5.97 Å². The fourth-order valence-corrected chi connectivity index (χ4v) is 1.91. The monoisotopic (exact) mass is 353 g/mol. The van der Waals surface area contributed by atoms with Crippen molar-refractivity contribution >= 4 is 17.6 Å². The highest BCUT2D eigenvalue weighted by Gasteiger charge is 2.23. The summed E-state index contributed by atoms with van der Waals surface area (Å²) >= 11 is 0. The van der Waals surface area contributed by atoms with Gasteiger partial charge in [-0.05, 0) is 31.2 Å². The molecule has 0 aliphatic heterocycles. The lowest BCUT2D eigenvalue weighted by Gasteiger charge is -2.14. The molecule has 5 nitrogen and oxygen atoms in total. The van der Waals surface area contributed by atoms with Crippen LogP contribution in [0.4, 0.5) is 18.9 Å². The second-order valence-corrected chi connectivity index (χ2v) is 4.98. The number of carbonyl (C=O) groups is 2. The largest absolute Gasteiger partial charge is 0.497 e. The van der Waals surface area contributed by atoms with Crippen LogP contribution in [0, 0.1) is 17.5 Å². The van der Waals surface area contributed by atoms with Gasteiger partial charge in [0.1, 0.15) is 28.9 Å². The molecule has 25 heavy (non-hydrogen) atoms. The summed E-state index contributed by atoms with van der Waals surface area (Å²) in [5, 5.41) is 1.99. The van der Waals surface area contributed by atoms with Crippen LogP contribution in [-0.2, 0) is 9.53 Å². The molecule has 0 heterocycles. The number of rotatable bonds is 5. The summed E-state index contributed by atoms with van der Waals surface area (Å²) in [7, 11) is 1.33. The predicted molar refractivity (Wildman–Crippen MR) is 82.8 cm³/mol. The van der Waals surface area contributed by atoms with Crippen molar-refractivity contribution in [2.24, 2.45) is 0 Å². The topological polar surface area (TPSA) is 64.6 Å². The molecule has 2 rings (SSSR count). The molecule has 1 amide bonds. The molecule has 0 unspecified atom stereocenters. The molecule has 0 saturated heterocycles. The van der Waals surface area contributed by atoms with Gasteiger partial charge in [0.05, 0.1) is 12.7 Å². The highest BCUT2D eigenvalue weighted by molar-refractivity contribution is 5.97. The van der Waals surface area contributed by atoms with Gasteiger partial charge in [-0.2, -0.15) is 0 Å². The van der Waals surface area contributed by atoms with Gasteiger partial charge in [-0.1, -0.05) is 6.07 Å². The summed E-state index contributed by atoms with van der Waals surface area (Å²) in [6, 6.07) is 6.52. The number of amides is 1. The van der Waals surface area contributed by atoms with Gasteiger partial charge in [0.25, 0.3) is 5.91 Å². The Bertz CT molecular complexity index is 790. The molecular weight excluding hydrogens is 339 g/mol. The number of para-hydroxylation sites is 1. The van der Waals surface area contributed by atoms with Gasteiger partial charge in [0.2, 0.25) is 0 Å². The standard InChI is InChI=1S/C17H14F3NO4/c1-9(16(22)21-15-12(18)4-3-5-13(15)19)25-17(23)11-7-6-10(24-2)8-14(11)20/h3-9H,1-2H3,(H,21,22)/t9-/m1/s1. The molecule has 1 atom stereocenters. The third-order valence-corrected chi connectivity index (χ3v) is 3.26. The first-order chi connectivity index (χ1) is 11.8. The van der Waals surface area contributed by atoms with Gasteiger partial charge in [-0.25, -0.2) is 18.0 Å². The number of hydrogen-bond donors (Lipinski definition) is 1. The molecule has 0 aromatic heterocycles. The summed E-state index contributed by atoms with van der Waals surface area (Å²) in [4.78, 5) is 23.9. The van der Waals surface area contributed by atoms with Crippen molar-refractivity contribution in [2.45, 2.75) is 13.0 Å². The molecule has 0 aliphatic rings. The normalized spacial score (nSPS) is 11.6. The van der Waals surface area contributed by atoms with Crippen LogP contribution in [0.3, 0.4) is 0 Å². The van der Waals surface area contributed by atoms with Crippen molar-refractivity contribution in [1.29, 1.82) is 0 Å². The molecule has 0 spiro atoms. The summed E-state index contributed by atoms with van der Waals surface area (Å²) in [6.07, 6.45) is -1.41. The summed E-state index contributed by atoms with van der Waals surface area (Å²) in [5.74, 6) is -4.71. The third-order valence-electron chi connectivity index (χ3n) is 3.26. The van der Waals surface area contributed by atoms with Crippen molar-refractivity contribution in [3.05, 3.63) is 59.4 Å². The van der Waals surface area contributed by atoms with E-state index in [1.165, 1.54) is 20.1 Å². The average molecular weight is 353 g/mol. The molecule has 0 saturated carbocycles. The van der Waals surface area contributed by atoms with E-state index in [1.807, 2.05) is 5.32 Å². The highest BCUT2D eigenvalue weighted by atomic mass is 19.1. The van der Waals surface area contributed by atoms with E-state index in [2.05, 4.69) is 0 Å². The van der Waals surface area contributed by atoms with E-state index in [0.29, 0.717) is 0 Å². The van der Waals surface area contributed by atoms with Crippen molar-refractivity contribution in [2.75, 3.05) is 12.4 Å². The lowest BCUT2D eigenvalue weighted by molar-refractivity contribution is -0.123. The van der Waals surface area contributed by atoms with Crippen LogP contribution < -0.4 is 10.1 Å². The number of nitrogens with one attached hydrogen (secondary N) is 1. The number of benzene rings is 2. The minimum absolute atomic E-state index is 0.204. The van der Waals surface area contributed by atoms with Gasteiger partial charge < -0.3 is 14.8 Å². The Hall–Kier alpha value is -3.03. The minimum Gasteiger partial charge on any atom is -0.497 e. The van der Waals surface area contributed by atoms with Crippen LogP contribution in [0.15, 0.2) is 36.4 Å². The Morgan fingerprint density at radius 3 is 2.24 bits per heavy atom. The maximum Gasteiger partial charge on any atom is 0.341 e. The van der Waals surface area contributed by atoms with Gasteiger partial charge in [0.15, 0.2) is 6.10 Å². The molecule has 8 heteroatoms. The number of methoxy groups -OCH3 is 1. The smallest absolute Gasteiger partial charge is 0.341 e. The second kappa shape index (κ2) is 7.69. The van der Waals surface area contributed by atoms with E-state index < -0.39 is 46.7 Å². The third kappa shape index (κ3) is 4.28. The second-order valence-electron chi connectivity index (χ2n) is 4.98. The lowest BCUT2D eigenvalue weighted by Crippen LogP contribution is -2.30. The van der Waals surface area contributed by atoms with Gasteiger partial charge in [-0.3, -0.25) is 4.79 Å². The Morgan fingerprint density at radius 1 is 1.04 bits per heavy atom. The van der Waals surface area contributed by atoms with E-state index in [0.717, 1.165) is 30.3 Å². The molecule has 0 radical (unpaired) electrons. The molecule has 0 fully saturated rings. The molecular formula is C17H14F3NO4. The maximum absolute atomic E-state index is 13.8. The molecule has 2 aromatic carbocycles. The zero-order valence-electron chi connectivity index (χ0n) is 13.3. The molecule has 1 N–H and O–H groups in total. The number of carbonyl (C=O) groups excluding carboxylic acids is 2. The van der Waals surface area contributed by atoms with E-state index in [-0.39, 0.29) is 5.75 Å². The van der Waals surface area contributed by atoms with Crippen LogP contribution in [-0.4, -0.2) is 25.1 Å². The SMILES string of the molecule is COc1ccc(C(=O)O[C@H](C)C(=O)Nc2c(F)cccc2F)c(F)c1. The van der Waals surface area contributed by atoms with E-state index in [1.54, 1.807) is 0 Å². The Labute approximate surface area is 141 Å². The van der Waals surface area contributed by atoms with E-state index >= 15 is 0 Å². The van der Waals surface area contributed by atoms with Crippen LogP contribution in [0.5, 0.6) is 5.75 Å². The van der Waals surface area contributed by atoms with Crippen molar-refractivity contribution in [3.8, 4) is 5.75 Å². The highest BCUT2D eigenvalue weighted by Crippen LogP contribution is 2.20. The van der Waals surface area contributed by atoms with Crippen molar-refractivity contribution < 1.29 is 32.2 Å². The van der Waals surface area contributed by atoms with Crippen LogP contribution in [0.2, 0.25) is 0 Å². The Morgan fingerprint density at radius 2 is 1.68 bits per heavy atom. The van der Waals surface area contributed by atoms with Gasteiger partial charge in [0, 0.05) is 6.07 Å². The number of anilines is 1. The summed E-state index contributed by atoms with van der Waals surface area (Å²) in [5.41, 5.74) is -1.07. The minimum atomic E-state index is -1.41. The fourth-order valence-electron chi connectivity index (χ4n) is 1.91. The summed E-state index contributed by atoms with van der Waals surface area (Å²) in [6.45, 7) is 1.19. The van der Waals surface area contributed by atoms with Crippen LogP contribution in [0.25, 0.3) is 0 Å². The Balaban J connectivity index is 2.07. The quantitative estimate of drug-likeness (QED) is 0.838. The number of halogens is 3. The summed E-state index contributed by atoms with van der Waals surface area (Å²) < 4.78 is 50.5. The molecule has 0 bridgehead atoms. The molecule has 132 valence electrons. The zero-order valence-corrected chi connectivity index (χ0v) is 13.3. The average Bonchev–Trinajstić information content (AvgIpc) is 2.57. The van der Waals surface area contributed by atoms with Crippen molar-refractivity contribution in [3.63, 3.8) is 0 Å². The van der Waals surface area contributed by atoms with Crippen molar-refractivity contribution in [1.82, 2.24) is 0 Å². The molecule has 2 aromatic rings. The lowest BCUT2D eigenvalue weighted by atomic mass is 10.2. The number of hydrogen-bond acceptors (Lipinski definition) is 4. The number of esters is 1.